The van der Waals surface area contributed by atoms with Crippen LogP contribution in [-0.2, 0) is 4.79 Å². The van der Waals surface area contributed by atoms with E-state index in [4.69, 9.17) is 13.9 Å². The number of benzene rings is 1. The van der Waals surface area contributed by atoms with Crippen LogP contribution in [0.4, 0.5) is 0 Å². The van der Waals surface area contributed by atoms with Crippen molar-refractivity contribution in [1.29, 1.82) is 0 Å². The Morgan fingerprint density at radius 2 is 1.83 bits per heavy atom. The molecule has 1 saturated heterocycles. The van der Waals surface area contributed by atoms with Crippen molar-refractivity contribution in [2.75, 3.05) is 26.8 Å². The smallest absolute Gasteiger partial charge is 0.267 e. The van der Waals surface area contributed by atoms with Crippen LogP contribution in [0, 0.1) is 6.92 Å². The Kier molecular flexibility index (Phi) is 5.87. The van der Waals surface area contributed by atoms with Gasteiger partial charge in [-0.25, -0.2) is 4.98 Å². The molecule has 0 spiro atoms. The number of methoxy groups -OCH3 is 1. The minimum absolute atomic E-state index is 0.00773. The van der Waals surface area contributed by atoms with Gasteiger partial charge in [-0.2, -0.15) is 0 Å². The summed E-state index contributed by atoms with van der Waals surface area (Å²) in [6, 6.07) is 7.16. The highest BCUT2D eigenvalue weighted by atomic mass is 16.5. The molecule has 3 aromatic rings. The fourth-order valence-electron chi connectivity index (χ4n) is 3.29. The Morgan fingerprint density at radius 1 is 1.10 bits per heavy atom. The van der Waals surface area contributed by atoms with Crippen molar-refractivity contribution in [2.24, 2.45) is 0 Å². The van der Waals surface area contributed by atoms with Crippen LogP contribution in [0.25, 0.3) is 11.6 Å². The van der Waals surface area contributed by atoms with Crippen molar-refractivity contribution in [3.05, 3.63) is 48.2 Å². The fourth-order valence-corrected chi connectivity index (χ4v) is 3.29. The van der Waals surface area contributed by atoms with Crippen molar-refractivity contribution in [3.8, 4) is 23.1 Å². The zero-order valence-corrected chi connectivity index (χ0v) is 16.9. The molecule has 3 heterocycles. The number of hydrogen-bond acceptors (Lipinski definition) is 8. The van der Waals surface area contributed by atoms with Gasteiger partial charge in [-0.1, -0.05) is 0 Å². The van der Waals surface area contributed by atoms with E-state index in [2.05, 4.69) is 20.2 Å². The summed E-state index contributed by atoms with van der Waals surface area (Å²) in [5.74, 6) is 2.41. The highest BCUT2D eigenvalue weighted by Crippen LogP contribution is 2.29. The number of rotatable bonds is 6. The first-order valence-corrected chi connectivity index (χ1v) is 9.79. The summed E-state index contributed by atoms with van der Waals surface area (Å²) in [5.41, 5.74) is 1.38. The second-order valence-corrected chi connectivity index (χ2v) is 7.11. The number of nitrogens with zero attached hydrogens (tertiary/aromatic N) is 5. The zero-order valence-electron chi connectivity index (χ0n) is 16.9. The molecule has 156 valence electrons. The van der Waals surface area contributed by atoms with Gasteiger partial charge in [0.15, 0.2) is 6.61 Å². The lowest BCUT2D eigenvalue weighted by molar-refractivity contribution is -0.134. The van der Waals surface area contributed by atoms with Crippen LogP contribution in [0.1, 0.15) is 30.3 Å². The molecule has 1 aliphatic heterocycles. The Bertz CT molecular complexity index is 979. The van der Waals surface area contributed by atoms with E-state index in [1.807, 2.05) is 11.8 Å². The van der Waals surface area contributed by atoms with Crippen molar-refractivity contribution in [1.82, 2.24) is 25.1 Å². The van der Waals surface area contributed by atoms with Gasteiger partial charge in [0.2, 0.25) is 5.89 Å². The fraction of sp³-hybridized carbons (Fsp3) is 0.381. The minimum atomic E-state index is -0.0367. The van der Waals surface area contributed by atoms with Crippen LogP contribution < -0.4 is 9.47 Å². The van der Waals surface area contributed by atoms with Crippen LogP contribution in [0.3, 0.4) is 0 Å². The molecule has 0 unspecified atom stereocenters. The molecule has 0 saturated carbocycles. The predicted molar refractivity (Wildman–Crippen MR) is 107 cm³/mol. The standard InChI is InChI=1S/C21H23N5O4/c1-14-11-23-18(12-22-14)21-25-24-20(30-21)15-7-9-26(10-8-15)19(27)13-29-17-5-3-16(28-2)4-6-17/h3-6,11-12,15H,7-10,13H2,1-2H3. The molecule has 2 aromatic heterocycles. The SMILES string of the molecule is COc1ccc(OCC(=O)N2CCC(c3nnc(-c4cnc(C)cn4)o3)CC2)cc1. The second-order valence-electron chi connectivity index (χ2n) is 7.11. The molecule has 0 aliphatic carbocycles. The van der Waals surface area contributed by atoms with E-state index in [0.29, 0.717) is 36.3 Å². The van der Waals surface area contributed by atoms with Crippen LogP contribution >= 0.6 is 0 Å². The van der Waals surface area contributed by atoms with Gasteiger partial charge in [0.1, 0.15) is 17.2 Å². The average molecular weight is 409 g/mol. The highest BCUT2D eigenvalue weighted by molar-refractivity contribution is 5.77. The maximum atomic E-state index is 12.5. The van der Waals surface area contributed by atoms with E-state index >= 15 is 0 Å². The van der Waals surface area contributed by atoms with Crippen molar-refractivity contribution in [3.63, 3.8) is 0 Å². The Hall–Kier alpha value is -3.49. The molecule has 0 atom stereocenters. The first-order valence-electron chi connectivity index (χ1n) is 9.79. The molecule has 30 heavy (non-hydrogen) atoms. The summed E-state index contributed by atoms with van der Waals surface area (Å²) in [6.07, 6.45) is 4.80. The number of amides is 1. The third-order valence-corrected chi connectivity index (χ3v) is 5.06. The first kappa shape index (κ1) is 19.8. The van der Waals surface area contributed by atoms with Crippen LogP contribution in [0.2, 0.25) is 0 Å². The Labute approximate surface area is 174 Å². The van der Waals surface area contributed by atoms with Gasteiger partial charge in [0, 0.05) is 25.2 Å². The summed E-state index contributed by atoms with van der Waals surface area (Å²) in [7, 11) is 1.61. The monoisotopic (exact) mass is 409 g/mol. The molecule has 9 nitrogen and oxygen atoms in total. The summed E-state index contributed by atoms with van der Waals surface area (Å²) >= 11 is 0. The summed E-state index contributed by atoms with van der Waals surface area (Å²) < 4.78 is 16.5. The lowest BCUT2D eigenvalue weighted by Gasteiger charge is -2.30. The summed E-state index contributed by atoms with van der Waals surface area (Å²) in [6.45, 7) is 3.12. The van der Waals surface area contributed by atoms with E-state index in [1.165, 1.54) is 0 Å². The topological polar surface area (TPSA) is 103 Å². The van der Waals surface area contributed by atoms with Gasteiger partial charge in [-0.3, -0.25) is 9.78 Å². The Morgan fingerprint density at radius 3 is 2.50 bits per heavy atom. The lowest BCUT2D eigenvalue weighted by Crippen LogP contribution is -2.40. The number of aryl methyl sites for hydroxylation is 1. The van der Waals surface area contributed by atoms with E-state index in [0.717, 1.165) is 24.3 Å². The third kappa shape index (κ3) is 4.56. The predicted octanol–water partition coefficient (Wildman–Crippen LogP) is 2.63. The van der Waals surface area contributed by atoms with E-state index in [-0.39, 0.29) is 18.4 Å². The van der Waals surface area contributed by atoms with Crippen molar-refractivity contribution < 1.29 is 18.7 Å². The molecule has 1 amide bonds. The molecule has 9 heteroatoms. The van der Waals surface area contributed by atoms with Crippen LogP contribution in [0.15, 0.2) is 41.1 Å². The third-order valence-electron chi connectivity index (χ3n) is 5.06. The molecular weight excluding hydrogens is 386 g/mol. The van der Waals surface area contributed by atoms with E-state index in [9.17, 15) is 4.79 Å². The number of carbonyl (C=O) groups excluding carboxylic acids is 1. The van der Waals surface area contributed by atoms with Gasteiger partial charge < -0.3 is 18.8 Å². The molecule has 1 aromatic carbocycles. The molecule has 0 N–H and O–H groups in total. The second kappa shape index (κ2) is 8.89. The maximum absolute atomic E-state index is 12.5. The maximum Gasteiger partial charge on any atom is 0.267 e. The zero-order chi connectivity index (χ0) is 20.9. The lowest BCUT2D eigenvalue weighted by atomic mass is 9.97. The van der Waals surface area contributed by atoms with Crippen molar-refractivity contribution >= 4 is 5.91 Å². The normalized spacial score (nSPS) is 14.5. The molecule has 0 bridgehead atoms. The first-order chi connectivity index (χ1) is 14.6. The minimum Gasteiger partial charge on any atom is -0.497 e. The van der Waals surface area contributed by atoms with E-state index < -0.39 is 0 Å². The largest absolute Gasteiger partial charge is 0.497 e. The molecule has 0 radical (unpaired) electrons. The molecular formula is C21H23N5O4. The summed E-state index contributed by atoms with van der Waals surface area (Å²) in [4.78, 5) is 22.7. The van der Waals surface area contributed by atoms with Gasteiger partial charge in [0.25, 0.3) is 11.8 Å². The number of carbonyl (C=O) groups is 1. The number of ether oxygens (including phenoxy) is 2. The van der Waals surface area contributed by atoms with Gasteiger partial charge in [0.05, 0.1) is 19.0 Å². The number of likely N-dealkylation sites (tertiary alicyclic amines) is 1. The van der Waals surface area contributed by atoms with Gasteiger partial charge in [-0.05, 0) is 44.0 Å². The molecule has 1 fully saturated rings. The molecule has 1 aliphatic rings. The average Bonchev–Trinajstić information content (AvgIpc) is 3.29. The number of hydrogen-bond donors (Lipinski definition) is 0. The van der Waals surface area contributed by atoms with E-state index in [1.54, 1.807) is 43.8 Å². The summed E-state index contributed by atoms with van der Waals surface area (Å²) in [5, 5.41) is 8.27. The molecule has 4 rings (SSSR count). The van der Waals surface area contributed by atoms with Gasteiger partial charge in [-0.15, -0.1) is 10.2 Å². The Balaban J connectivity index is 1.28. The number of piperidine rings is 1. The number of aromatic nitrogens is 4. The highest BCUT2D eigenvalue weighted by Gasteiger charge is 2.27. The quantitative estimate of drug-likeness (QED) is 0.612. The van der Waals surface area contributed by atoms with Gasteiger partial charge >= 0.3 is 0 Å². The van der Waals surface area contributed by atoms with Crippen LogP contribution in [0.5, 0.6) is 11.5 Å². The van der Waals surface area contributed by atoms with Crippen molar-refractivity contribution in [2.45, 2.75) is 25.7 Å². The van der Waals surface area contributed by atoms with Crippen LogP contribution in [-0.4, -0.2) is 57.8 Å².